The summed E-state index contributed by atoms with van der Waals surface area (Å²) < 4.78 is 5.35. The van der Waals surface area contributed by atoms with E-state index in [-0.39, 0.29) is 11.4 Å². The molecule has 0 aliphatic carbocycles. The van der Waals surface area contributed by atoms with Crippen LogP contribution in [0, 0.1) is 0 Å². The zero-order valence-electron chi connectivity index (χ0n) is 12.4. The number of hydrogen-bond donors (Lipinski definition) is 1. The lowest BCUT2D eigenvalue weighted by Crippen LogP contribution is -2.30. The van der Waals surface area contributed by atoms with Crippen LogP contribution in [0.5, 0.6) is 5.75 Å². The number of nitrogens with zero attached hydrogens (tertiary/aromatic N) is 1. The van der Waals surface area contributed by atoms with Crippen molar-refractivity contribution in [3.05, 3.63) is 23.8 Å². The standard InChI is InChI=1S/C14H22N2O3/c1-14(2,3)11-9-10(7-8-12(11)18-5)15-13(17)16(4)19-6/h7-9H,1-6H3,(H,15,17). The van der Waals surface area contributed by atoms with Gasteiger partial charge in [0.25, 0.3) is 0 Å². The van der Waals surface area contributed by atoms with E-state index < -0.39 is 0 Å². The SMILES string of the molecule is COc1ccc(NC(=O)N(C)OC)cc1C(C)(C)C. The van der Waals surface area contributed by atoms with Gasteiger partial charge >= 0.3 is 6.03 Å². The summed E-state index contributed by atoms with van der Waals surface area (Å²) >= 11 is 0. The summed E-state index contributed by atoms with van der Waals surface area (Å²) in [7, 11) is 4.62. The van der Waals surface area contributed by atoms with Gasteiger partial charge in [0.05, 0.1) is 14.2 Å². The molecular weight excluding hydrogens is 244 g/mol. The van der Waals surface area contributed by atoms with Crippen LogP contribution in [-0.2, 0) is 10.3 Å². The molecule has 1 rings (SSSR count). The smallest absolute Gasteiger partial charge is 0.345 e. The zero-order valence-corrected chi connectivity index (χ0v) is 12.4. The Bertz CT molecular complexity index is 452. The van der Waals surface area contributed by atoms with Gasteiger partial charge in [-0.3, -0.25) is 4.84 Å². The fourth-order valence-corrected chi connectivity index (χ4v) is 1.66. The van der Waals surface area contributed by atoms with Gasteiger partial charge < -0.3 is 10.1 Å². The molecule has 0 aliphatic heterocycles. The summed E-state index contributed by atoms with van der Waals surface area (Å²) in [4.78, 5) is 16.5. The second kappa shape index (κ2) is 5.93. The van der Waals surface area contributed by atoms with E-state index in [1.54, 1.807) is 20.2 Å². The van der Waals surface area contributed by atoms with Crippen LogP contribution in [0.1, 0.15) is 26.3 Å². The summed E-state index contributed by atoms with van der Waals surface area (Å²) in [6.45, 7) is 6.28. The van der Waals surface area contributed by atoms with Crippen LogP contribution < -0.4 is 10.1 Å². The molecule has 0 radical (unpaired) electrons. The molecule has 0 bridgehead atoms. The molecule has 0 aliphatic rings. The van der Waals surface area contributed by atoms with Gasteiger partial charge in [-0.15, -0.1) is 0 Å². The molecule has 5 nitrogen and oxygen atoms in total. The number of nitrogens with one attached hydrogen (secondary N) is 1. The molecule has 19 heavy (non-hydrogen) atoms. The van der Waals surface area contributed by atoms with Crippen molar-refractivity contribution in [3.8, 4) is 5.75 Å². The van der Waals surface area contributed by atoms with Gasteiger partial charge in [-0.05, 0) is 23.6 Å². The average Bonchev–Trinajstić information content (AvgIpc) is 2.36. The van der Waals surface area contributed by atoms with Crippen LogP contribution in [0.4, 0.5) is 10.5 Å². The van der Waals surface area contributed by atoms with Crippen LogP contribution >= 0.6 is 0 Å². The minimum atomic E-state index is -0.326. The van der Waals surface area contributed by atoms with E-state index in [0.717, 1.165) is 16.4 Å². The maximum atomic E-state index is 11.7. The molecule has 1 N–H and O–H groups in total. The van der Waals surface area contributed by atoms with E-state index in [1.165, 1.54) is 7.11 Å². The Kier molecular flexibility index (Phi) is 4.78. The van der Waals surface area contributed by atoms with Gasteiger partial charge in [-0.2, -0.15) is 0 Å². The Labute approximate surface area is 114 Å². The number of hydroxylamine groups is 2. The van der Waals surface area contributed by atoms with Crippen LogP contribution in [-0.4, -0.2) is 32.4 Å². The molecule has 0 saturated carbocycles. The van der Waals surface area contributed by atoms with Crippen molar-refractivity contribution in [2.45, 2.75) is 26.2 Å². The van der Waals surface area contributed by atoms with Crippen molar-refractivity contribution < 1.29 is 14.4 Å². The number of amides is 2. The van der Waals surface area contributed by atoms with E-state index in [2.05, 4.69) is 26.1 Å². The van der Waals surface area contributed by atoms with Gasteiger partial charge in [0.1, 0.15) is 5.75 Å². The van der Waals surface area contributed by atoms with Crippen LogP contribution in [0.2, 0.25) is 0 Å². The highest BCUT2D eigenvalue weighted by Crippen LogP contribution is 2.33. The van der Waals surface area contributed by atoms with E-state index in [0.29, 0.717) is 5.69 Å². The van der Waals surface area contributed by atoms with Crippen molar-refractivity contribution in [1.82, 2.24) is 5.06 Å². The maximum Gasteiger partial charge on any atom is 0.345 e. The van der Waals surface area contributed by atoms with E-state index in [4.69, 9.17) is 9.57 Å². The lowest BCUT2D eigenvalue weighted by molar-refractivity contribution is -0.0598. The van der Waals surface area contributed by atoms with Crippen LogP contribution in [0.25, 0.3) is 0 Å². The Morgan fingerprint density at radius 3 is 2.37 bits per heavy atom. The number of anilines is 1. The highest BCUT2D eigenvalue weighted by molar-refractivity contribution is 5.88. The minimum absolute atomic E-state index is 0.0702. The molecule has 0 fully saturated rings. The largest absolute Gasteiger partial charge is 0.496 e. The monoisotopic (exact) mass is 266 g/mol. The molecular formula is C14H22N2O3. The van der Waals surface area contributed by atoms with Crippen molar-refractivity contribution in [2.24, 2.45) is 0 Å². The van der Waals surface area contributed by atoms with E-state index in [1.807, 2.05) is 12.1 Å². The van der Waals surface area contributed by atoms with Gasteiger partial charge in [0.15, 0.2) is 0 Å². The van der Waals surface area contributed by atoms with Gasteiger partial charge in [-0.25, -0.2) is 9.86 Å². The first-order valence-corrected chi connectivity index (χ1v) is 6.07. The van der Waals surface area contributed by atoms with Crippen molar-refractivity contribution >= 4 is 11.7 Å². The molecule has 0 saturated heterocycles. The number of urea groups is 1. The van der Waals surface area contributed by atoms with Crippen LogP contribution in [0.3, 0.4) is 0 Å². The first-order valence-electron chi connectivity index (χ1n) is 6.07. The van der Waals surface area contributed by atoms with Crippen LogP contribution in [0.15, 0.2) is 18.2 Å². The van der Waals surface area contributed by atoms with Gasteiger partial charge in [0, 0.05) is 18.3 Å². The second-order valence-corrected chi connectivity index (χ2v) is 5.28. The van der Waals surface area contributed by atoms with Gasteiger partial charge in [0.2, 0.25) is 0 Å². The molecule has 2 amide bonds. The Hall–Kier alpha value is -1.75. The van der Waals surface area contributed by atoms with Crippen molar-refractivity contribution in [2.75, 3.05) is 26.6 Å². The number of ether oxygens (including phenoxy) is 1. The van der Waals surface area contributed by atoms with Crippen molar-refractivity contribution in [1.29, 1.82) is 0 Å². The van der Waals surface area contributed by atoms with E-state index in [9.17, 15) is 4.79 Å². The van der Waals surface area contributed by atoms with Crippen molar-refractivity contribution in [3.63, 3.8) is 0 Å². The minimum Gasteiger partial charge on any atom is -0.496 e. The third-order valence-corrected chi connectivity index (χ3v) is 2.82. The number of benzene rings is 1. The topological polar surface area (TPSA) is 50.8 Å². The Morgan fingerprint density at radius 1 is 1.26 bits per heavy atom. The predicted molar refractivity (Wildman–Crippen MR) is 75.5 cm³/mol. The summed E-state index contributed by atoms with van der Waals surface area (Å²) in [5.74, 6) is 0.811. The van der Waals surface area contributed by atoms with Gasteiger partial charge in [-0.1, -0.05) is 20.8 Å². The first-order chi connectivity index (χ1) is 8.79. The molecule has 5 heteroatoms. The number of carbonyl (C=O) groups is 1. The van der Waals surface area contributed by atoms with E-state index >= 15 is 0 Å². The molecule has 0 spiro atoms. The third-order valence-electron chi connectivity index (χ3n) is 2.82. The molecule has 106 valence electrons. The summed E-state index contributed by atoms with van der Waals surface area (Å²) in [5.41, 5.74) is 1.67. The summed E-state index contributed by atoms with van der Waals surface area (Å²) in [6.07, 6.45) is 0. The molecule has 0 atom stereocenters. The lowest BCUT2D eigenvalue weighted by Gasteiger charge is -2.23. The zero-order chi connectivity index (χ0) is 14.6. The number of hydrogen-bond acceptors (Lipinski definition) is 3. The molecule has 0 heterocycles. The predicted octanol–water partition coefficient (Wildman–Crippen LogP) is 3.02. The number of rotatable bonds is 3. The molecule has 0 unspecified atom stereocenters. The molecule has 0 aromatic heterocycles. The number of carbonyl (C=O) groups excluding carboxylic acids is 1. The highest BCUT2D eigenvalue weighted by atomic mass is 16.7. The normalized spacial score (nSPS) is 11.1. The quantitative estimate of drug-likeness (QED) is 0.856. The lowest BCUT2D eigenvalue weighted by atomic mass is 9.86. The average molecular weight is 266 g/mol. The fourth-order valence-electron chi connectivity index (χ4n) is 1.66. The highest BCUT2D eigenvalue weighted by Gasteiger charge is 2.20. The third kappa shape index (κ3) is 3.86. The molecule has 1 aromatic rings. The molecule has 1 aromatic carbocycles. The second-order valence-electron chi connectivity index (χ2n) is 5.28. The number of methoxy groups -OCH3 is 1. The summed E-state index contributed by atoms with van der Waals surface area (Å²) in [6, 6.07) is 5.24. The fraction of sp³-hybridized carbons (Fsp3) is 0.500. The maximum absolute atomic E-state index is 11.7. The Balaban J connectivity index is 3.02. The summed E-state index contributed by atoms with van der Waals surface area (Å²) in [5, 5.41) is 3.89. The first kappa shape index (κ1) is 15.3. The Morgan fingerprint density at radius 2 is 1.89 bits per heavy atom.